The van der Waals surface area contributed by atoms with Crippen molar-refractivity contribution >= 4 is 10.9 Å². The van der Waals surface area contributed by atoms with Gasteiger partial charge in [-0.3, -0.25) is 0 Å². The number of fused-ring (bicyclic) bond motifs is 1. The molecule has 1 N–H and O–H groups in total. The maximum absolute atomic E-state index is 5.30. The predicted molar refractivity (Wildman–Crippen MR) is 80.9 cm³/mol. The average molecular weight is 260 g/mol. The third kappa shape index (κ3) is 3.51. The summed E-state index contributed by atoms with van der Waals surface area (Å²) in [5.41, 5.74) is 2.55. The number of aromatic amines is 1. The van der Waals surface area contributed by atoms with Crippen LogP contribution in [0.5, 0.6) is 5.75 Å². The van der Waals surface area contributed by atoms with Crippen LogP contribution in [0.3, 0.4) is 0 Å². The Morgan fingerprint density at radius 2 is 2.11 bits per heavy atom. The van der Waals surface area contributed by atoms with Crippen LogP contribution in [-0.4, -0.2) is 37.1 Å². The molecule has 1 aromatic heterocycles. The van der Waals surface area contributed by atoms with E-state index in [1.807, 2.05) is 6.07 Å². The first-order valence-electron chi connectivity index (χ1n) is 6.92. The fraction of sp³-hybridized carbons (Fsp3) is 0.500. The van der Waals surface area contributed by atoms with Gasteiger partial charge >= 0.3 is 0 Å². The summed E-state index contributed by atoms with van der Waals surface area (Å²) < 4.78 is 5.30. The molecule has 1 heterocycles. The van der Waals surface area contributed by atoms with Crippen molar-refractivity contribution in [1.82, 2.24) is 9.88 Å². The molecule has 0 atom stereocenters. The van der Waals surface area contributed by atoms with Gasteiger partial charge in [-0.2, -0.15) is 0 Å². The van der Waals surface area contributed by atoms with Gasteiger partial charge in [0.2, 0.25) is 0 Å². The van der Waals surface area contributed by atoms with Crippen molar-refractivity contribution in [1.29, 1.82) is 0 Å². The van der Waals surface area contributed by atoms with E-state index in [1.165, 1.54) is 16.5 Å². The van der Waals surface area contributed by atoms with Gasteiger partial charge in [-0.25, -0.2) is 0 Å². The summed E-state index contributed by atoms with van der Waals surface area (Å²) >= 11 is 0. The summed E-state index contributed by atoms with van der Waals surface area (Å²) in [6.45, 7) is 6.74. The molecule has 0 aliphatic carbocycles. The molecule has 2 rings (SSSR count). The minimum absolute atomic E-state index is 0.716. The van der Waals surface area contributed by atoms with E-state index < -0.39 is 0 Å². The van der Waals surface area contributed by atoms with Gasteiger partial charge in [0.25, 0.3) is 0 Å². The second-order valence-corrected chi connectivity index (χ2v) is 5.63. The van der Waals surface area contributed by atoms with Crippen LogP contribution in [0.4, 0.5) is 0 Å². The molecule has 104 valence electrons. The number of aromatic nitrogens is 1. The molecule has 0 spiro atoms. The Labute approximate surface area is 115 Å². The van der Waals surface area contributed by atoms with Gasteiger partial charge in [-0.1, -0.05) is 13.8 Å². The van der Waals surface area contributed by atoms with Crippen molar-refractivity contribution in [2.75, 3.05) is 27.2 Å². The van der Waals surface area contributed by atoms with Crippen molar-refractivity contribution in [3.8, 4) is 5.75 Å². The maximum Gasteiger partial charge on any atom is 0.119 e. The Hall–Kier alpha value is -1.48. The van der Waals surface area contributed by atoms with Crippen molar-refractivity contribution in [2.45, 2.75) is 20.3 Å². The molecule has 1 aromatic carbocycles. The first-order chi connectivity index (χ1) is 9.10. The highest BCUT2D eigenvalue weighted by atomic mass is 16.5. The largest absolute Gasteiger partial charge is 0.497 e. The molecule has 0 fully saturated rings. The number of likely N-dealkylation sites (N-methyl/N-ethyl adjacent to an activating group) is 1. The number of ether oxygens (including phenoxy) is 1. The van der Waals surface area contributed by atoms with Crippen molar-refractivity contribution in [3.63, 3.8) is 0 Å². The number of hydrogen-bond donors (Lipinski definition) is 1. The zero-order chi connectivity index (χ0) is 13.8. The quantitative estimate of drug-likeness (QED) is 0.863. The molecule has 0 aliphatic rings. The van der Waals surface area contributed by atoms with Crippen LogP contribution < -0.4 is 4.74 Å². The van der Waals surface area contributed by atoms with Crippen LogP contribution in [0.1, 0.15) is 19.4 Å². The summed E-state index contributed by atoms with van der Waals surface area (Å²) in [7, 11) is 3.90. The van der Waals surface area contributed by atoms with Gasteiger partial charge in [0, 0.05) is 30.2 Å². The number of hydrogen-bond acceptors (Lipinski definition) is 2. The van der Waals surface area contributed by atoms with Crippen LogP contribution in [0.2, 0.25) is 0 Å². The topological polar surface area (TPSA) is 28.3 Å². The Bertz CT molecular complexity index is 531. The summed E-state index contributed by atoms with van der Waals surface area (Å²) in [4.78, 5) is 5.72. The molecule has 0 aliphatic heterocycles. The van der Waals surface area contributed by atoms with Gasteiger partial charge < -0.3 is 14.6 Å². The lowest BCUT2D eigenvalue weighted by Gasteiger charge is -2.18. The molecule has 0 unspecified atom stereocenters. The highest BCUT2D eigenvalue weighted by Crippen LogP contribution is 2.24. The Balaban J connectivity index is 2.08. The fourth-order valence-electron chi connectivity index (χ4n) is 2.52. The van der Waals surface area contributed by atoms with Crippen LogP contribution in [0.25, 0.3) is 10.9 Å². The molecule has 0 saturated carbocycles. The Kier molecular flexibility index (Phi) is 4.48. The van der Waals surface area contributed by atoms with Crippen LogP contribution in [-0.2, 0) is 6.42 Å². The molecule has 2 aromatic rings. The number of benzene rings is 1. The second-order valence-electron chi connectivity index (χ2n) is 5.63. The number of H-pyrrole nitrogens is 1. The van der Waals surface area contributed by atoms with Crippen LogP contribution >= 0.6 is 0 Å². The standard InChI is InChI=1S/C16H24N2O/c1-12(2)11-18(3)8-7-13-10-17-16-6-5-14(19-4)9-15(13)16/h5-6,9-10,12,17H,7-8,11H2,1-4H3. The fourth-order valence-corrected chi connectivity index (χ4v) is 2.52. The Morgan fingerprint density at radius 1 is 1.32 bits per heavy atom. The molecular formula is C16H24N2O. The van der Waals surface area contributed by atoms with Crippen LogP contribution in [0, 0.1) is 5.92 Å². The minimum Gasteiger partial charge on any atom is -0.497 e. The van der Waals surface area contributed by atoms with Gasteiger partial charge in [-0.15, -0.1) is 0 Å². The number of rotatable bonds is 6. The highest BCUT2D eigenvalue weighted by molar-refractivity contribution is 5.84. The van der Waals surface area contributed by atoms with E-state index in [4.69, 9.17) is 4.74 Å². The molecule has 0 saturated heterocycles. The van der Waals surface area contributed by atoms with E-state index >= 15 is 0 Å². The van der Waals surface area contributed by atoms with E-state index in [0.29, 0.717) is 5.92 Å². The molecule has 3 nitrogen and oxygen atoms in total. The first kappa shape index (κ1) is 13.9. The summed E-state index contributed by atoms with van der Waals surface area (Å²) in [5, 5.41) is 1.28. The predicted octanol–water partition coefficient (Wildman–Crippen LogP) is 3.31. The molecule has 0 radical (unpaired) electrons. The third-order valence-corrected chi connectivity index (χ3v) is 3.41. The SMILES string of the molecule is COc1ccc2[nH]cc(CCN(C)CC(C)C)c2c1. The van der Waals surface area contributed by atoms with E-state index in [0.717, 1.165) is 25.3 Å². The van der Waals surface area contributed by atoms with E-state index in [9.17, 15) is 0 Å². The lowest BCUT2D eigenvalue weighted by atomic mass is 10.1. The maximum atomic E-state index is 5.30. The summed E-state index contributed by atoms with van der Waals surface area (Å²) in [6.07, 6.45) is 3.18. The summed E-state index contributed by atoms with van der Waals surface area (Å²) in [5.74, 6) is 1.64. The lowest BCUT2D eigenvalue weighted by molar-refractivity contribution is 0.299. The van der Waals surface area contributed by atoms with Gasteiger partial charge in [0.1, 0.15) is 5.75 Å². The second kappa shape index (κ2) is 6.11. The number of methoxy groups -OCH3 is 1. The molecule has 3 heteroatoms. The first-order valence-corrected chi connectivity index (χ1v) is 6.92. The van der Waals surface area contributed by atoms with E-state index in [-0.39, 0.29) is 0 Å². The van der Waals surface area contributed by atoms with Crippen molar-refractivity contribution in [3.05, 3.63) is 30.0 Å². The van der Waals surface area contributed by atoms with E-state index in [2.05, 4.69) is 49.1 Å². The van der Waals surface area contributed by atoms with Crippen molar-refractivity contribution < 1.29 is 4.74 Å². The van der Waals surface area contributed by atoms with Gasteiger partial charge in [-0.05, 0) is 43.1 Å². The Morgan fingerprint density at radius 3 is 2.79 bits per heavy atom. The van der Waals surface area contributed by atoms with Gasteiger partial charge in [0.05, 0.1) is 7.11 Å². The normalized spacial score (nSPS) is 11.7. The monoisotopic (exact) mass is 260 g/mol. The lowest BCUT2D eigenvalue weighted by Crippen LogP contribution is -2.25. The highest BCUT2D eigenvalue weighted by Gasteiger charge is 2.07. The molecular weight excluding hydrogens is 236 g/mol. The third-order valence-electron chi connectivity index (χ3n) is 3.41. The van der Waals surface area contributed by atoms with Crippen LogP contribution in [0.15, 0.2) is 24.4 Å². The number of nitrogens with zero attached hydrogens (tertiary/aromatic N) is 1. The molecule has 19 heavy (non-hydrogen) atoms. The zero-order valence-electron chi connectivity index (χ0n) is 12.4. The molecule has 0 bridgehead atoms. The minimum atomic E-state index is 0.716. The number of nitrogens with one attached hydrogen (secondary N) is 1. The van der Waals surface area contributed by atoms with Crippen molar-refractivity contribution in [2.24, 2.45) is 5.92 Å². The van der Waals surface area contributed by atoms with E-state index in [1.54, 1.807) is 7.11 Å². The smallest absolute Gasteiger partial charge is 0.119 e. The molecule has 0 amide bonds. The summed E-state index contributed by atoms with van der Waals surface area (Å²) in [6, 6.07) is 6.19. The van der Waals surface area contributed by atoms with Gasteiger partial charge in [0.15, 0.2) is 0 Å². The zero-order valence-corrected chi connectivity index (χ0v) is 12.4. The average Bonchev–Trinajstić information content (AvgIpc) is 2.77.